The van der Waals surface area contributed by atoms with Gasteiger partial charge in [-0.2, -0.15) is 0 Å². The van der Waals surface area contributed by atoms with E-state index in [-0.39, 0.29) is 5.82 Å². The van der Waals surface area contributed by atoms with Crippen molar-refractivity contribution in [2.45, 2.75) is 13.8 Å². The van der Waals surface area contributed by atoms with E-state index in [9.17, 15) is 4.39 Å². The largest absolute Gasteiger partial charge is 0.370 e. The van der Waals surface area contributed by atoms with Crippen molar-refractivity contribution in [3.63, 3.8) is 0 Å². The Bertz CT molecular complexity index is 799. The average Bonchev–Trinajstić information content (AvgIpc) is 2.47. The standard InChI is InChI=1S/C17H16FN3/c1-3-19-17-14-8-7-13(18)10-15(14)20-16(21-17)12-6-4-5-11(2)9-12/h4-10H,3H2,1-2H3,(H,19,20,21). The highest BCUT2D eigenvalue weighted by Crippen LogP contribution is 2.25. The predicted molar refractivity (Wildman–Crippen MR) is 83.8 cm³/mol. The maximum atomic E-state index is 13.5. The number of halogens is 1. The molecule has 0 fully saturated rings. The zero-order valence-electron chi connectivity index (χ0n) is 12.0. The van der Waals surface area contributed by atoms with E-state index in [4.69, 9.17) is 0 Å². The van der Waals surface area contributed by atoms with Crippen molar-refractivity contribution >= 4 is 16.7 Å². The summed E-state index contributed by atoms with van der Waals surface area (Å²) in [6.45, 7) is 4.77. The Kier molecular flexibility index (Phi) is 3.52. The van der Waals surface area contributed by atoms with Gasteiger partial charge in [0.25, 0.3) is 0 Å². The lowest BCUT2D eigenvalue weighted by molar-refractivity contribution is 0.629. The van der Waals surface area contributed by atoms with Crippen LogP contribution in [0.4, 0.5) is 10.2 Å². The lowest BCUT2D eigenvalue weighted by Gasteiger charge is -2.10. The van der Waals surface area contributed by atoms with Gasteiger partial charge in [-0.3, -0.25) is 0 Å². The SMILES string of the molecule is CCNc1nc(-c2cccc(C)c2)nc2cc(F)ccc12. The summed E-state index contributed by atoms with van der Waals surface area (Å²) in [5, 5.41) is 4.05. The first-order valence-electron chi connectivity index (χ1n) is 6.95. The minimum absolute atomic E-state index is 0.293. The number of aromatic nitrogens is 2. The predicted octanol–water partition coefficient (Wildman–Crippen LogP) is 4.18. The fourth-order valence-electron chi connectivity index (χ4n) is 2.32. The monoisotopic (exact) mass is 281 g/mol. The minimum Gasteiger partial charge on any atom is -0.370 e. The van der Waals surface area contributed by atoms with Crippen LogP contribution in [0.1, 0.15) is 12.5 Å². The summed E-state index contributed by atoms with van der Waals surface area (Å²) in [4.78, 5) is 9.09. The molecule has 1 aromatic heterocycles. The van der Waals surface area contributed by atoms with E-state index < -0.39 is 0 Å². The molecule has 1 N–H and O–H groups in total. The van der Waals surface area contributed by atoms with Crippen LogP contribution in [0.25, 0.3) is 22.3 Å². The number of anilines is 1. The van der Waals surface area contributed by atoms with Crippen LogP contribution in [0.3, 0.4) is 0 Å². The van der Waals surface area contributed by atoms with Gasteiger partial charge >= 0.3 is 0 Å². The van der Waals surface area contributed by atoms with Crippen LogP contribution in [0.15, 0.2) is 42.5 Å². The van der Waals surface area contributed by atoms with E-state index in [1.807, 2.05) is 38.1 Å². The van der Waals surface area contributed by atoms with E-state index in [2.05, 4.69) is 15.3 Å². The van der Waals surface area contributed by atoms with Crippen molar-refractivity contribution in [1.29, 1.82) is 0 Å². The molecule has 0 aliphatic rings. The molecule has 0 spiro atoms. The number of nitrogens with one attached hydrogen (secondary N) is 1. The Morgan fingerprint density at radius 2 is 1.95 bits per heavy atom. The van der Waals surface area contributed by atoms with Crippen molar-refractivity contribution in [2.24, 2.45) is 0 Å². The summed E-state index contributed by atoms with van der Waals surface area (Å²) < 4.78 is 13.5. The fraction of sp³-hybridized carbons (Fsp3) is 0.176. The molecule has 0 aliphatic carbocycles. The van der Waals surface area contributed by atoms with Gasteiger partial charge in [0.15, 0.2) is 5.82 Å². The Morgan fingerprint density at radius 1 is 1.10 bits per heavy atom. The van der Waals surface area contributed by atoms with Crippen molar-refractivity contribution < 1.29 is 4.39 Å². The highest BCUT2D eigenvalue weighted by molar-refractivity contribution is 5.90. The number of hydrogen-bond donors (Lipinski definition) is 1. The molecule has 0 bridgehead atoms. The molecule has 0 saturated carbocycles. The molecule has 0 atom stereocenters. The third-order valence-electron chi connectivity index (χ3n) is 3.28. The van der Waals surface area contributed by atoms with Gasteiger partial charge in [-0.1, -0.05) is 23.8 Å². The van der Waals surface area contributed by atoms with Crippen molar-refractivity contribution in [1.82, 2.24) is 9.97 Å². The van der Waals surface area contributed by atoms with Gasteiger partial charge in [-0.25, -0.2) is 14.4 Å². The van der Waals surface area contributed by atoms with Gasteiger partial charge in [-0.15, -0.1) is 0 Å². The molecule has 3 nitrogen and oxygen atoms in total. The molecule has 2 aromatic carbocycles. The van der Waals surface area contributed by atoms with Crippen molar-refractivity contribution in [2.75, 3.05) is 11.9 Å². The smallest absolute Gasteiger partial charge is 0.162 e. The van der Waals surface area contributed by atoms with Crippen LogP contribution in [-0.2, 0) is 0 Å². The van der Waals surface area contributed by atoms with E-state index >= 15 is 0 Å². The molecule has 1 heterocycles. The molecule has 0 aliphatic heterocycles. The molecule has 3 aromatic rings. The first-order chi connectivity index (χ1) is 10.2. The number of fused-ring (bicyclic) bond motifs is 1. The van der Waals surface area contributed by atoms with E-state index in [1.54, 1.807) is 6.07 Å². The third-order valence-corrected chi connectivity index (χ3v) is 3.28. The zero-order chi connectivity index (χ0) is 14.8. The normalized spacial score (nSPS) is 10.8. The quantitative estimate of drug-likeness (QED) is 0.782. The maximum absolute atomic E-state index is 13.5. The maximum Gasteiger partial charge on any atom is 0.162 e. The van der Waals surface area contributed by atoms with E-state index in [1.165, 1.54) is 12.1 Å². The second-order valence-corrected chi connectivity index (χ2v) is 4.96. The van der Waals surface area contributed by atoms with Crippen LogP contribution >= 0.6 is 0 Å². The molecule has 4 heteroatoms. The van der Waals surface area contributed by atoms with Crippen LogP contribution in [0.5, 0.6) is 0 Å². The number of hydrogen-bond acceptors (Lipinski definition) is 3. The number of nitrogens with zero attached hydrogens (tertiary/aromatic N) is 2. The summed E-state index contributed by atoms with van der Waals surface area (Å²) in [7, 11) is 0. The topological polar surface area (TPSA) is 37.8 Å². The highest BCUT2D eigenvalue weighted by atomic mass is 19.1. The average molecular weight is 281 g/mol. The summed E-state index contributed by atoms with van der Waals surface area (Å²) in [5.41, 5.74) is 2.68. The molecule has 0 unspecified atom stereocenters. The Balaban J connectivity index is 2.23. The van der Waals surface area contributed by atoms with Crippen LogP contribution in [-0.4, -0.2) is 16.5 Å². The van der Waals surface area contributed by atoms with Gasteiger partial charge in [0.05, 0.1) is 5.52 Å². The zero-order valence-corrected chi connectivity index (χ0v) is 12.0. The number of benzene rings is 2. The molecule has 21 heavy (non-hydrogen) atoms. The third kappa shape index (κ3) is 2.70. The van der Waals surface area contributed by atoms with E-state index in [0.717, 1.165) is 28.9 Å². The summed E-state index contributed by atoms with van der Waals surface area (Å²) in [6, 6.07) is 12.6. The lowest BCUT2D eigenvalue weighted by atomic mass is 10.1. The van der Waals surface area contributed by atoms with Crippen LogP contribution in [0.2, 0.25) is 0 Å². The first-order valence-corrected chi connectivity index (χ1v) is 6.95. The Labute approximate surface area is 122 Å². The second kappa shape index (κ2) is 5.48. The minimum atomic E-state index is -0.293. The van der Waals surface area contributed by atoms with Gasteiger partial charge in [0.1, 0.15) is 11.6 Å². The molecular formula is C17H16FN3. The number of rotatable bonds is 3. The van der Waals surface area contributed by atoms with Gasteiger partial charge in [0.2, 0.25) is 0 Å². The highest BCUT2D eigenvalue weighted by Gasteiger charge is 2.09. The summed E-state index contributed by atoms with van der Waals surface area (Å²) >= 11 is 0. The molecule has 0 amide bonds. The molecule has 0 radical (unpaired) electrons. The van der Waals surface area contributed by atoms with Crippen LogP contribution in [0, 0.1) is 12.7 Å². The molecule has 3 rings (SSSR count). The Morgan fingerprint density at radius 3 is 2.71 bits per heavy atom. The molecule has 0 saturated heterocycles. The van der Waals surface area contributed by atoms with E-state index in [0.29, 0.717) is 11.3 Å². The Hall–Kier alpha value is -2.49. The van der Waals surface area contributed by atoms with Gasteiger partial charge in [-0.05, 0) is 32.0 Å². The molecular weight excluding hydrogens is 265 g/mol. The fourth-order valence-corrected chi connectivity index (χ4v) is 2.32. The lowest BCUT2D eigenvalue weighted by Crippen LogP contribution is -2.03. The van der Waals surface area contributed by atoms with Crippen molar-refractivity contribution in [3.8, 4) is 11.4 Å². The van der Waals surface area contributed by atoms with Crippen molar-refractivity contribution in [3.05, 3.63) is 53.8 Å². The number of aryl methyl sites for hydroxylation is 1. The molecule has 106 valence electrons. The second-order valence-electron chi connectivity index (χ2n) is 4.96. The first kappa shape index (κ1) is 13.5. The summed E-state index contributed by atoms with van der Waals surface area (Å²) in [6.07, 6.45) is 0. The van der Waals surface area contributed by atoms with Gasteiger partial charge < -0.3 is 5.32 Å². The van der Waals surface area contributed by atoms with Gasteiger partial charge in [0, 0.05) is 23.6 Å². The van der Waals surface area contributed by atoms with Crippen LogP contribution < -0.4 is 5.32 Å². The summed E-state index contributed by atoms with van der Waals surface area (Å²) in [5.74, 6) is 1.05.